The highest BCUT2D eigenvalue weighted by molar-refractivity contribution is 7.87. The number of aromatic nitrogens is 1. The van der Waals surface area contributed by atoms with Crippen LogP contribution in [-0.2, 0) is 16.4 Å². The lowest BCUT2D eigenvalue weighted by Crippen LogP contribution is -2.60. The van der Waals surface area contributed by atoms with Crippen molar-refractivity contribution in [1.29, 1.82) is 0 Å². The monoisotopic (exact) mass is 330 g/mol. The molecule has 0 radical (unpaired) electrons. The number of rotatable bonds is 3. The molecule has 112 valence electrons. The maximum Gasteiger partial charge on any atom is 0.417 e. The van der Waals surface area contributed by atoms with E-state index >= 15 is 0 Å². The number of pyridine rings is 1. The van der Waals surface area contributed by atoms with Crippen LogP contribution in [0.25, 0.3) is 0 Å². The number of halogens is 4. The number of nitrogens with two attached hydrogens (primary N) is 1. The first-order valence-electron chi connectivity index (χ1n) is 5.34. The van der Waals surface area contributed by atoms with Gasteiger partial charge >= 0.3 is 6.18 Å². The average Bonchev–Trinajstić information content (AvgIpc) is 2.20. The topological polar surface area (TPSA) is 88.3 Å². The number of nitrogens with one attached hydrogen (secondary N) is 1. The van der Waals surface area contributed by atoms with E-state index in [2.05, 4.69) is 9.71 Å². The Balaban J connectivity index is 2.06. The third-order valence-electron chi connectivity index (χ3n) is 2.66. The predicted molar refractivity (Wildman–Crippen MR) is 66.5 cm³/mol. The molecule has 6 nitrogen and oxygen atoms in total. The van der Waals surface area contributed by atoms with Crippen molar-refractivity contribution < 1.29 is 21.6 Å². The fraction of sp³-hybridized carbons (Fsp3) is 0.444. The van der Waals surface area contributed by atoms with Crippen molar-refractivity contribution in [2.45, 2.75) is 12.2 Å². The van der Waals surface area contributed by atoms with Crippen LogP contribution < -0.4 is 14.8 Å². The Morgan fingerprint density at radius 3 is 2.50 bits per heavy atom. The van der Waals surface area contributed by atoms with E-state index in [1.165, 1.54) is 0 Å². The highest BCUT2D eigenvalue weighted by Crippen LogP contribution is 2.34. The standard InChI is InChI=1S/C9H10ClF3N4O2S/c10-7-1-5(9(11,12)13)2-15-8(7)17-3-6(4-17)16-20(14,18)19/h1-2,6,16H,3-4H2,(H2,14,18,19). The van der Waals surface area contributed by atoms with Crippen LogP contribution in [0.15, 0.2) is 12.3 Å². The van der Waals surface area contributed by atoms with Crippen molar-refractivity contribution in [3.63, 3.8) is 0 Å². The van der Waals surface area contributed by atoms with Gasteiger partial charge in [0.1, 0.15) is 5.82 Å². The lowest BCUT2D eigenvalue weighted by atomic mass is 10.1. The van der Waals surface area contributed by atoms with Gasteiger partial charge in [0.25, 0.3) is 10.2 Å². The fourth-order valence-corrected chi connectivity index (χ4v) is 2.68. The van der Waals surface area contributed by atoms with Crippen LogP contribution in [-0.4, -0.2) is 32.5 Å². The van der Waals surface area contributed by atoms with Crippen LogP contribution >= 0.6 is 11.6 Å². The molecular weight excluding hydrogens is 321 g/mol. The van der Waals surface area contributed by atoms with Crippen LogP contribution in [0.5, 0.6) is 0 Å². The number of hydrogen-bond donors (Lipinski definition) is 2. The minimum Gasteiger partial charge on any atom is -0.352 e. The van der Waals surface area contributed by atoms with Gasteiger partial charge < -0.3 is 4.90 Å². The summed E-state index contributed by atoms with van der Waals surface area (Å²) in [6.07, 6.45) is -3.83. The molecule has 1 aromatic rings. The zero-order valence-electron chi connectivity index (χ0n) is 9.85. The lowest BCUT2D eigenvalue weighted by Gasteiger charge is -2.40. The number of anilines is 1. The minimum atomic E-state index is -4.51. The van der Waals surface area contributed by atoms with Crippen LogP contribution in [0.2, 0.25) is 5.02 Å². The van der Waals surface area contributed by atoms with Gasteiger partial charge in [-0.25, -0.2) is 10.1 Å². The molecule has 2 rings (SSSR count). The van der Waals surface area contributed by atoms with Gasteiger partial charge in [-0.05, 0) is 6.07 Å². The fourth-order valence-electron chi connectivity index (χ4n) is 1.78. The van der Waals surface area contributed by atoms with Crippen molar-refractivity contribution in [1.82, 2.24) is 9.71 Å². The molecule has 1 fully saturated rings. The van der Waals surface area contributed by atoms with Gasteiger partial charge in [-0.1, -0.05) is 11.6 Å². The smallest absolute Gasteiger partial charge is 0.352 e. The second kappa shape index (κ2) is 5.02. The summed E-state index contributed by atoms with van der Waals surface area (Å²) >= 11 is 5.76. The molecular formula is C9H10ClF3N4O2S. The third kappa shape index (κ3) is 3.51. The zero-order valence-corrected chi connectivity index (χ0v) is 11.4. The summed E-state index contributed by atoms with van der Waals surface area (Å²) < 4.78 is 61.1. The molecule has 1 saturated heterocycles. The summed E-state index contributed by atoms with van der Waals surface area (Å²) in [5, 5.41) is 4.66. The second-order valence-corrected chi connectivity index (χ2v) is 6.02. The maximum atomic E-state index is 12.4. The summed E-state index contributed by atoms with van der Waals surface area (Å²) in [7, 11) is -3.80. The van der Waals surface area contributed by atoms with Crippen molar-refractivity contribution >= 4 is 27.6 Å². The van der Waals surface area contributed by atoms with Gasteiger partial charge in [0.15, 0.2) is 0 Å². The van der Waals surface area contributed by atoms with E-state index in [0.717, 1.165) is 6.07 Å². The molecule has 20 heavy (non-hydrogen) atoms. The van der Waals surface area contributed by atoms with Crippen molar-refractivity contribution in [2.24, 2.45) is 5.14 Å². The number of alkyl halides is 3. The molecule has 2 heterocycles. The molecule has 0 unspecified atom stereocenters. The van der Waals surface area contributed by atoms with Gasteiger partial charge in [0.2, 0.25) is 0 Å². The molecule has 0 saturated carbocycles. The van der Waals surface area contributed by atoms with Gasteiger partial charge in [-0.3, -0.25) is 0 Å². The van der Waals surface area contributed by atoms with Crippen LogP contribution in [0.4, 0.5) is 19.0 Å². The molecule has 0 atom stereocenters. The average molecular weight is 331 g/mol. The Morgan fingerprint density at radius 1 is 1.45 bits per heavy atom. The summed E-state index contributed by atoms with van der Waals surface area (Å²) in [4.78, 5) is 5.21. The summed E-state index contributed by atoms with van der Waals surface area (Å²) in [5.74, 6) is 0.173. The quantitative estimate of drug-likeness (QED) is 0.855. The third-order valence-corrected chi connectivity index (χ3v) is 3.60. The minimum absolute atomic E-state index is 0.145. The van der Waals surface area contributed by atoms with E-state index in [0.29, 0.717) is 6.20 Å². The van der Waals surface area contributed by atoms with E-state index in [-0.39, 0.29) is 23.9 Å². The van der Waals surface area contributed by atoms with E-state index in [9.17, 15) is 21.6 Å². The Labute approximate surface area is 117 Å². The summed E-state index contributed by atoms with van der Waals surface area (Å²) in [6.45, 7) is 0.461. The molecule has 1 aliphatic rings. The van der Waals surface area contributed by atoms with Gasteiger partial charge in [0.05, 0.1) is 16.6 Å². The van der Waals surface area contributed by atoms with E-state index in [1.807, 2.05) is 0 Å². The highest BCUT2D eigenvalue weighted by Gasteiger charge is 2.34. The Hall–Kier alpha value is -1.10. The SMILES string of the molecule is NS(=O)(=O)NC1CN(c2ncc(C(F)(F)F)cc2Cl)C1. The van der Waals surface area contributed by atoms with E-state index in [4.69, 9.17) is 16.7 Å². The normalized spacial score (nSPS) is 17.1. The maximum absolute atomic E-state index is 12.4. The first-order chi connectivity index (χ1) is 9.06. The van der Waals surface area contributed by atoms with E-state index < -0.39 is 28.0 Å². The van der Waals surface area contributed by atoms with Gasteiger partial charge in [-0.15, -0.1) is 0 Å². The molecule has 1 aromatic heterocycles. The first kappa shape index (κ1) is 15.3. The Bertz CT molecular complexity index is 616. The highest BCUT2D eigenvalue weighted by atomic mass is 35.5. The molecule has 3 N–H and O–H groups in total. The molecule has 0 aliphatic carbocycles. The number of hydrogen-bond acceptors (Lipinski definition) is 4. The molecule has 11 heteroatoms. The molecule has 0 amide bonds. The second-order valence-electron chi connectivity index (χ2n) is 4.29. The molecule has 0 aromatic carbocycles. The first-order valence-corrected chi connectivity index (χ1v) is 7.26. The molecule has 1 aliphatic heterocycles. The molecule has 0 bridgehead atoms. The Kier molecular flexibility index (Phi) is 3.84. The lowest BCUT2D eigenvalue weighted by molar-refractivity contribution is -0.137. The van der Waals surface area contributed by atoms with Gasteiger partial charge in [-0.2, -0.15) is 26.3 Å². The van der Waals surface area contributed by atoms with E-state index in [1.54, 1.807) is 4.90 Å². The van der Waals surface area contributed by atoms with Crippen LogP contribution in [0, 0.1) is 0 Å². The van der Waals surface area contributed by atoms with Gasteiger partial charge in [0, 0.05) is 19.3 Å². The summed E-state index contributed by atoms with van der Waals surface area (Å²) in [6, 6.07) is 0.370. The Morgan fingerprint density at radius 2 is 2.05 bits per heavy atom. The predicted octanol–water partition coefficient (Wildman–Crippen LogP) is 0.736. The van der Waals surface area contributed by atoms with Crippen molar-refractivity contribution in [3.05, 3.63) is 22.8 Å². The molecule has 0 spiro atoms. The largest absolute Gasteiger partial charge is 0.417 e. The van der Waals surface area contributed by atoms with Crippen molar-refractivity contribution in [3.8, 4) is 0 Å². The van der Waals surface area contributed by atoms with Crippen LogP contribution in [0.3, 0.4) is 0 Å². The van der Waals surface area contributed by atoms with Crippen LogP contribution in [0.1, 0.15) is 5.56 Å². The zero-order chi connectivity index (χ0) is 15.1. The summed E-state index contributed by atoms with van der Waals surface area (Å²) in [5.41, 5.74) is -0.939. The van der Waals surface area contributed by atoms with Crippen molar-refractivity contribution in [2.75, 3.05) is 18.0 Å². The number of nitrogens with zero attached hydrogens (tertiary/aromatic N) is 2.